The average molecular weight is 263 g/mol. The van der Waals surface area contributed by atoms with Crippen LogP contribution in [0.3, 0.4) is 0 Å². The molecule has 0 aromatic carbocycles. The van der Waals surface area contributed by atoms with Crippen LogP contribution < -0.4 is 0 Å². The van der Waals surface area contributed by atoms with Gasteiger partial charge in [-0.05, 0) is 22.4 Å². The van der Waals surface area contributed by atoms with E-state index in [2.05, 4.69) is 32.8 Å². The van der Waals surface area contributed by atoms with Crippen molar-refractivity contribution in [3.05, 3.63) is 21.1 Å². The van der Waals surface area contributed by atoms with E-state index >= 15 is 0 Å². The molecule has 0 atom stereocenters. The lowest BCUT2D eigenvalue weighted by molar-refractivity contribution is 0.116. The van der Waals surface area contributed by atoms with Crippen LogP contribution in [0.5, 0.6) is 0 Å². The number of hydrogen-bond acceptors (Lipinski definition) is 3. The third kappa shape index (κ3) is 3.54. The maximum Gasteiger partial charge on any atom is 0.133 e. The summed E-state index contributed by atoms with van der Waals surface area (Å²) in [5.41, 5.74) is 0. The molecule has 0 aliphatic carbocycles. The van der Waals surface area contributed by atoms with Crippen LogP contribution in [-0.4, -0.2) is 16.6 Å². The van der Waals surface area contributed by atoms with Crippen molar-refractivity contribution >= 4 is 28.1 Å². The van der Waals surface area contributed by atoms with Gasteiger partial charge in [-0.2, -0.15) is 0 Å². The van der Waals surface area contributed by atoms with Crippen molar-refractivity contribution in [1.29, 1.82) is 0 Å². The van der Waals surface area contributed by atoms with Crippen molar-refractivity contribution in [3.8, 4) is 0 Å². The quantitative estimate of drug-likeness (QED) is 0.670. The van der Waals surface area contributed by atoms with E-state index in [9.17, 15) is 0 Å². The van der Waals surface area contributed by atoms with Gasteiger partial charge in [-0.3, -0.25) is 0 Å². The number of hydrogen-bond donors (Lipinski definition) is 1. The van der Waals surface area contributed by atoms with E-state index in [0.717, 1.165) is 23.3 Å². The highest BCUT2D eigenvalue weighted by atomic mass is 79.9. The molecule has 1 aromatic heterocycles. The Kier molecular flexibility index (Phi) is 4.55. The Labute approximate surface area is 90.7 Å². The Morgan fingerprint density at radius 1 is 1.69 bits per heavy atom. The summed E-state index contributed by atoms with van der Waals surface area (Å²) in [5, 5.41) is 0. The monoisotopic (exact) mass is 262 g/mol. The summed E-state index contributed by atoms with van der Waals surface area (Å²) < 4.78 is 6.77. The molecule has 13 heavy (non-hydrogen) atoms. The predicted molar refractivity (Wildman–Crippen MR) is 57.1 cm³/mol. The van der Waals surface area contributed by atoms with Crippen LogP contribution in [-0.2, 0) is 11.3 Å². The molecule has 0 unspecified atom stereocenters. The first kappa shape index (κ1) is 10.8. The summed E-state index contributed by atoms with van der Waals surface area (Å²) in [6.45, 7) is 3.31. The minimum atomic E-state index is 0.491. The summed E-state index contributed by atoms with van der Waals surface area (Å²) in [6, 6.07) is 0. The summed E-state index contributed by atoms with van der Waals surface area (Å²) in [6.07, 6.45) is 2.70. The normalized spacial score (nSPS) is 10.3. The molecule has 1 rings (SSSR count). The number of H-pyrrole nitrogens is 1. The highest BCUT2D eigenvalue weighted by Crippen LogP contribution is 2.08. The van der Waals surface area contributed by atoms with Crippen LogP contribution in [0.15, 0.2) is 10.7 Å². The van der Waals surface area contributed by atoms with Gasteiger partial charge in [-0.15, -0.1) is 0 Å². The number of nitrogens with one attached hydrogen (secondary N) is 1. The van der Waals surface area contributed by atoms with Crippen molar-refractivity contribution in [2.75, 3.05) is 6.61 Å². The number of rotatable bonds is 4. The van der Waals surface area contributed by atoms with Crippen molar-refractivity contribution < 1.29 is 4.74 Å². The lowest BCUT2D eigenvalue weighted by Gasteiger charge is -2.01. The van der Waals surface area contributed by atoms with Gasteiger partial charge in [-0.1, -0.05) is 19.1 Å². The highest BCUT2D eigenvalue weighted by Gasteiger charge is 1.96. The molecule has 1 N–H and O–H groups in total. The molecule has 0 bridgehead atoms. The SMILES string of the molecule is CCCOCc1ncc(Br)c(=S)[nH]1. The second kappa shape index (κ2) is 5.47. The van der Waals surface area contributed by atoms with Gasteiger partial charge >= 0.3 is 0 Å². The van der Waals surface area contributed by atoms with Gasteiger partial charge in [0.25, 0.3) is 0 Å². The Balaban J connectivity index is 2.58. The lowest BCUT2D eigenvalue weighted by atomic mass is 10.5. The third-order valence-electron chi connectivity index (χ3n) is 1.40. The molecule has 0 aliphatic heterocycles. The average Bonchev–Trinajstić information content (AvgIpc) is 2.12. The molecule has 5 heteroatoms. The van der Waals surface area contributed by atoms with Crippen LogP contribution in [0.25, 0.3) is 0 Å². The molecule has 0 radical (unpaired) electrons. The Bertz CT molecular complexity index is 326. The first-order chi connectivity index (χ1) is 6.24. The molecule has 1 aromatic rings. The highest BCUT2D eigenvalue weighted by molar-refractivity contribution is 9.10. The number of aromatic amines is 1. The molecule has 0 fully saturated rings. The minimum Gasteiger partial charge on any atom is -0.374 e. The van der Waals surface area contributed by atoms with E-state index in [1.165, 1.54) is 0 Å². The number of nitrogens with zero attached hydrogens (tertiary/aromatic N) is 1. The van der Waals surface area contributed by atoms with Crippen LogP contribution in [0.4, 0.5) is 0 Å². The summed E-state index contributed by atoms with van der Waals surface area (Å²) in [7, 11) is 0. The molecule has 0 saturated carbocycles. The van der Waals surface area contributed by atoms with Crippen molar-refractivity contribution in [3.63, 3.8) is 0 Å². The molecular weight excluding hydrogens is 252 g/mol. The fourth-order valence-corrected chi connectivity index (χ4v) is 1.17. The first-order valence-corrected chi connectivity index (χ1v) is 5.25. The lowest BCUT2D eigenvalue weighted by Crippen LogP contribution is -1.99. The van der Waals surface area contributed by atoms with Gasteiger partial charge < -0.3 is 9.72 Å². The molecular formula is C8H11BrN2OS. The topological polar surface area (TPSA) is 37.9 Å². The Morgan fingerprint density at radius 2 is 2.46 bits per heavy atom. The third-order valence-corrected chi connectivity index (χ3v) is 2.58. The van der Waals surface area contributed by atoms with E-state index < -0.39 is 0 Å². The molecule has 3 nitrogen and oxygen atoms in total. The standard InChI is InChI=1S/C8H11BrN2OS/c1-2-3-12-5-7-10-4-6(9)8(13)11-7/h4H,2-3,5H2,1H3,(H,10,11,13). The summed E-state index contributed by atoms with van der Waals surface area (Å²) >= 11 is 8.29. The van der Waals surface area contributed by atoms with E-state index in [-0.39, 0.29) is 0 Å². The summed E-state index contributed by atoms with van der Waals surface area (Å²) in [4.78, 5) is 7.08. The van der Waals surface area contributed by atoms with E-state index in [4.69, 9.17) is 17.0 Å². The van der Waals surface area contributed by atoms with Crippen molar-refractivity contribution in [1.82, 2.24) is 9.97 Å². The second-order valence-electron chi connectivity index (χ2n) is 2.56. The fourth-order valence-electron chi connectivity index (χ4n) is 0.803. The van der Waals surface area contributed by atoms with Gasteiger partial charge in [0.15, 0.2) is 0 Å². The fraction of sp³-hybridized carbons (Fsp3) is 0.500. The molecule has 1 heterocycles. The maximum atomic E-state index is 5.31. The van der Waals surface area contributed by atoms with E-state index in [0.29, 0.717) is 11.2 Å². The van der Waals surface area contributed by atoms with Crippen molar-refractivity contribution in [2.24, 2.45) is 0 Å². The van der Waals surface area contributed by atoms with Gasteiger partial charge in [-0.25, -0.2) is 4.98 Å². The molecule has 72 valence electrons. The zero-order valence-corrected chi connectivity index (χ0v) is 9.74. The van der Waals surface area contributed by atoms with Crippen LogP contribution in [0.1, 0.15) is 19.2 Å². The zero-order chi connectivity index (χ0) is 9.68. The predicted octanol–water partition coefficient (Wildman–Crippen LogP) is 2.83. The first-order valence-electron chi connectivity index (χ1n) is 4.05. The zero-order valence-electron chi connectivity index (χ0n) is 7.34. The van der Waals surface area contributed by atoms with E-state index in [1.54, 1.807) is 6.20 Å². The minimum absolute atomic E-state index is 0.491. The second-order valence-corrected chi connectivity index (χ2v) is 3.82. The van der Waals surface area contributed by atoms with E-state index in [1.807, 2.05) is 0 Å². The Hall–Kier alpha value is -0.260. The number of aromatic nitrogens is 2. The van der Waals surface area contributed by atoms with Gasteiger partial charge in [0.05, 0.1) is 4.47 Å². The molecule has 0 aliphatic rings. The summed E-state index contributed by atoms with van der Waals surface area (Å²) in [5.74, 6) is 0.765. The largest absolute Gasteiger partial charge is 0.374 e. The van der Waals surface area contributed by atoms with Crippen LogP contribution in [0, 0.1) is 4.64 Å². The van der Waals surface area contributed by atoms with Crippen LogP contribution in [0.2, 0.25) is 0 Å². The van der Waals surface area contributed by atoms with Gasteiger partial charge in [0.2, 0.25) is 0 Å². The molecule has 0 amide bonds. The van der Waals surface area contributed by atoms with Crippen molar-refractivity contribution in [2.45, 2.75) is 20.0 Å². The number of halogens is 1. The maximum absolute atomic E-state index is 5.31. The number of ether oxygens (including phenoxy) is 1. The Morgan fingerprint density at radius 3 is 3.08 bits per heavy atom. The van der Waals surface area contributed by atoms with Crippen LogP contribution >= 0.6 is 28.1 Å². The van der Waals surface area contributed by atoms with Gasteiger partial charge in [0.1, 0.15) is 17.1 Å². The molecule has 0 spiro atoms. The van der Waals surface area contributed by atoms with Gasteiger partial charge in [0, 0.05) is 12.8 Å². The molecule has 0 saturated heterocycles. The smallest absolute Gasteiger partial charge is 0.133 e.